The fourth-order valence-corrected chi connectivity index (χ4v) is 0.698. The normalized spacial score (nSPS) is 13.6. The molecule has 0 bridgehead atoms. The highest BCUT2D eigenvalue weighted by molar-refractivity contribution is 4.86. The highest BCUT2D eigenvalue weighted by Crippen LogP contribution is 2.06. The lowest BCUT2D eigenvalue weighted by Crippen LogP contribution is -2.15. The van der Waals surface area contributed by atoms with Gasteiger partial charge in [-0.1, -0.05) is 19.1 Å². The van der Waals surface area contributed by atoms with E-state index < -0.39 is 6.29 Å². The Morgan fingerprint density at radius 2 is 2.08 bits per heavy atom. The number of hydrogen-bond acceptors (Lipinski definition) is 3. The van der Waals surface area contributed by atoms with Gasteiger partial charge in [0.15, 0.2) is 6.29 Å². The van der Waals surface area contributed by atoms with Crippen molar-refractivity contribution in [3.63, 3.8) is 0 Å². The summed E-state index contributed by atoms with van der Waals surface area (Å²) in [5, 5.41) is 25.6. The molecule has 0 aliphatic rings. The van der Waals surface area contributed by atoms with Gasteiger partial charge in [-0.2, -0.15) is 5.26 Å². The molecule has 0 fully saturated rings. The summed E-state index contributed by atoms with van der Waals surface area (Å²) in [4.78, 5) is 0. The Kier molecular flexibility index (Phi) is 6.35. The summed E-state index contributed by atoms with van der Waals surface area (Å²) in [5.74, 6) is -0.136. The van der Waals surface area contributed by atoms with Crippen LogP contribution >= 0.6 is 0 Å². The summed E-state index contributed by atoms with van der Waals surface area (Å²) in [7, 11) is 0. The smallest absolute Gasteiger partial charge is 0.154 e. The third-order valence-electron chi connectivity index (χ3n) is 1.61. The summed E-state index contributed by atoms with van der Waals surface area (Å²) in [6.07, 6.45) is 4.43. The van der Waals surface area contributed by atoms with Gasteiger partial charge in [0, 0.05) is 12.3 Å². The van der Waals surface area contributed by atoms with E-state index in [1.807, 2.05) is 18.2 Å². The molecule has 0 aromatic carbocycles. The van der Waals surface area contributed by atoms with Crippen LogP contribution in [-0.2, 0) is 0 Å². The number of unbranched alkanes of at least 4 members (excludes halogenated alkanes) is 1. The Balaban J connectivity index is 3.41. The van der Waals surface area contributed by atoms with Gasteiger partial charge in [0.25, 0.3) is 0 Å². The van der Waals surface area contributed by atoms with Crippen molar-refractivity contribution in [1.82, 2.24) is 0 Å². The van der Waals surface area contributed by atoms with Gasteiger partial charge in [-0.15, -0.1) is 0 Å². The van der Waals surface area contributed by atoms with Gasteiger partial charge < -0.3 is 10.2 Å². The van der Waals surface area contributed by atoms with Crippen molar-refractivity contribution >= 4 is 0 Å². The highest BCUT2D eigenvalue weighted by atomic mass is 16.5. The Labute approximate surface area is 73.0 Å². The lowest BCUT2D eigenvalue weighted by Gasteiger charge is -2.09. The minimum absolute atomic E-state index is 0.136. The van der Waals surface area contributed by atoms with Gasteiger partial charge >= 0.3 is 0 Å². The van der Waals surface area contributed by atoms with E-state index in [2.05, 4.69) is 0 Å². The van der Waals surface area contributed by atoms with E-state index in [4.69, 9.17) is 15.5 Å². The average molecular weight is 169 g/mol. The Morgan fingerprint density at radius 1 is 1.42 bits per heavy atom. The largest absolute Gasteiger partial charge is 0.368 e. The zero-order valence-electron chi connectivity index (χ0n) is 7.27. The molecule has 3 nitrogen and oxygen atoms in total. The van der Waals surface area contributed by atoms with Crippen LogP contribution in [0.1, 0.15) is 26.2 Å². The lowest BCUT2D eigenvalue weighted by molar-refractivity contribution is -0.0773. The zero-order chi connectivity index (χ0) is 9.40. The van der Waals surface area contributed by atoms with Crippen molar-refractivity contribution in [1.29, 1.82) is 5.26 Å². The topological polar surface area (TPSA) is 64.2 Å². The van der Waals surface area contributed by atoms with Gasteiger partial charge in [-0.3, -0.25) is 0 Å². The third-order valence-corrected chi connectivity index (χ3v) is 1.61. The van der Waals surface area contributed by atoms with Crippen LogP contribution in [0.3, 0.4) is 0 Å². The van der Waals surface area contributed by atoms with Crippen LogP contribution < -0.4 is 0 Å². The molecule has 0 rings (SSSR count). The summed E-state index contributed by atoms with van der Waals surface area (Å²) >= 11 is 0. The second-order valence-corrected chi connectivity index (χ2v) is 2.79. The molecule has 0 aliphatic heterocycles. The van der Waals surface area contributed by atoms with Crippen molar-refractivity contribution in [2.75, 3.05) is 0 Å². The van der Waals surface area contributed by atoms with Crippen LogP contribution in [0.2, 0.25) is 0 Å². The number of allylic oxidation sites excluding steroid dienone is 2. The van der Waals surface area contributed by atoms with Crippen LogP contribution in [0.25, 0.3) is 0 Å². The molecule has 0 heterocycles. The molecular formula is C9H15NO2. The first-order valence-electron chi connectivity index (χ1n) is 4.06. The Morgan fingerprint density at radius 3 is 2.58 bits per heavy atom. The summed E-state index contributed by atoms with van der Waals surface area (Å²) in [5.41, 5.74) is 0. The molecule has 1 atom stereocenters. The van der Waals surface area contributed by atoms with E-state index in [0.29, 0.717) is 12.8 Å². The number of aliphatic hydroxyl groups excluding tert-OH is 1. The van der Waals surface area contributed by atoms with Crippen LogP contribution in [0.15, 0.2) is 12.2 Å². The van der Waals surface area contributed by atoms with E-state index in [0.717, 1.165) is 6.42 Å². The maximum absolute atomic E-state index is 8.69. The van der Waals surface area contributed by atoms with E-state index in [1.54, 1.807) is 6.92 Å². The maximum atomic E-state index is 8.69. The SMILES string of the molecule is CC(C/C=C/CCC#N)C(O)O. The lowest BCUT2D eigenvalue weighted by atomic mass is 10.1. The second kappa shape index (κ2) is 6.84. The van der Waals surface area contributed by atoms with Crippen LogP contribution in [0.5, 0.6) is 0 Å². The molecule has 12 heavy (non-hydrogen) atoms. The predicted octanol–water partition coefficient (Wildman–Crippen LogP) is 1.18. The number of rotatable bonds is 5. The molecule has 0 saturated heterocycles. The molecule has 68 valence electrons. The van der Waals surface area contributed by atoms with E-state index in [9.17, 15) is 0 Å². The second-order valence-electron chi connectivity index (χ2n) is 2.79. The number of aliphatic hydroxyl groups is 2. The summed E-state index contributed by atoms with van der Waals surface area (Å²) in [6.45, 7) is 1.76. The fraction of sp³-hybridized carbons (Fsp3) is 0.667. The molecule has 0 amide bonds. The monoisotopic (exact) mass is 169 g/mol. The van der Waals surface area contributed by atoms with Crippen molar-refractivity contribution in [2.24, 2.45) is 5.92 Å². The number of nitriles is 1. The number of hydrogen-bond donors (Lipinski definition) is 2. The van der Waals surface area contributed by atoms with E-state index >= 15 is 0 Å². The third kappa shape index (κ3) is 5.90. The minimum atomic E-state index is -1.24. The maximum Gasteiger partial charge on any atom is 0.154 e. The molecule has 2 N–H and O–H groups in total. The standard InChI is InChI=1S/C9H15NO2/c1-8(9(11)12)6-4-2-3-5-7-10/h2,4,8-9,11-12H,3,5-6H2,1H3/b4-2+. The average Bonchev–Trinajstić information content (AvgIpc) is 2.03. The Hall–Kier alpha value is -0.850. The molecular weight excluding hydrogens is 154 g/mol. The van der Waals surface area contributed by atoms with Crippen molar-refractivity contribution in [2.45, 2.75) is 32.5 Å². The van der Waals surface area contributed by atoms with Crippen LogP contribution in [0, 0.1) is 17.2 Å². The molecule has 0 saturated carbocycles. The molecule has 0 radical (unpaired) electrons. The fourth-order valence-electron chi connectivity index (χ4n) is 0.698. The van der Waals surface area contributed by atoms with Crippen LogP contribution in [0.4, 0.5) is 0 Å². The first-order valence-corrected chi connectivity index (χ1v) is 4.06. The van der Waals surface area contributed by atoms with Gasteiger partial charge in [0.1, 0.15) is 0 Å². The number of nitrogens with zero attached hydrogens (tertiary/aromatic N) is 1. The van der Waals surface area contributed by atoms with Crippen molar-refractivity contribution in [3.05, 3.63) is 12.2 Å². The molecule has 0 aromatic heterocycles. The van der Waals surface area contributed by atoms with Crippen molar-refractivity contribution < 1.29 is 10.2 Å². The molecule has 0 aliphatic carbocycles. The van der Waals surface area contributed by atoms with Crippen molar-refractivity contribution in [3.8, 4) is 6.07 Å². The van der Waals surface area contributed by atoms with E-state index in [1.165, 1.54) is 0 Å². The van der Waals surface area contributed by atoms with Gasteiger partial charge in [-0.05, 0) is 12.8 Å². The molecule has 0 spiro atoms. The quantitative estimate of drug-likeness (QED) is 0.369. The first kappa shape index (κ1) is 11.2. The zero-order valence-corrected chi connectivity index (χ0v) is 7.27. The van der Waals surface area contributed by atoms with Gasteiger partial charge in [0.2, 0.25) is 0 Å². The molecule has 0 aromatic rings. The van der Waals surface area contributed by atoms with Gasteiger partial charge in [0.05, 0.1) is 6.07 Å². The van der Waals surface area contributed by atoms with Gasteiger partial charge in [-0.25, -0.2) is 0 Å². The van der Waals surface area contributed by atoms with Crippen LogP contribution in [-0.4, -0.2) is 16.5 Å². The summed E-state index contributed by atoms with van der Waals surface area (Å²) in [6, 6.07) is 2.03. The summed E-state index contributed by atoms with van der Waals surface area (Å²) < 4.78 is 0. The molecule has 1 unspecified atom stereocenters. The van der Waals surface area contributed by atoms with E-state index in [-0.39, 0.29) is 5.92 Å². The molecule has 3 heteroatoms. The predicted molar refractivity (Wildman–Crippen MR) is 46.0 cm³/mol. The highest BCUT2D eigenvalue weighted by Gasteiger charge is 2.06. The Bertz CT molecular complexity index is 170. The first-order chi connectivity index (χ1) is 5.68. The minimum Gasteiger partial charge on any atom is -0.368 e.